The van der Waals surface area contributed by atoms with Gasteiger partial charge in [-0.25, -0.2) is 9.69 Å². The van der Waals surface area contributed by atoms with Crippen molar-refractivity contribution in [3.63, 3.8) is 0 Å². The van der Waals surface area contributed by atoms with E-state index in [1.165, 1.54) is 4.90 Å². The molecule has 4 heterocycles. The minimum Gasteiger partial charge on any atom is -0.376 e. The average Bonchev–Trinajstić information content (AvgIpc) is 3.55. The molecule has 8 nitrogen and oxygen atoms in total. The van der Waals surface area contributed by atoms with Crippen molar-refractivity contribution in [1.82, 2.24) is 15.2 Å². The first kappa shape index (κ1) is 20.9. The number of rotatable bonds is 4. The standard InChI is InChI=1S/C26H26N4O4/c1-26-22-20(19-9-2-3-10-21(19)28-22)11-12-29(26)25(33)30(24(26)32)17-7-4-6-16(14-17)23(31)27-15-18-8-5-13-34-18/h2-4,6-7,9-10,14,18,28H,5,8,11-13,15H2,1H3,(H,27,31). The van der Waals surface area contributed by atoms with Crippen molar-refractivity contribution in [1.29, 1.82) is 0 Å². The molecule has 0 saturated carbocycles. The minimum atomic E-state index is -1.12. The highest BCUT2D eigenvalue weighted by atomic mass is 16.5. The van der Waals surface area contributed by atoms with E-state index in [4.69, 9.17) is 4.74 Å². The third kappa shape index (κ3) is 2.98. The van der Waals surface area contributed by atoms with Crippen molar-refractivity contribution in [2.45, 2.75) is 37.8 Å². The third-order valence-corrected chi connectivity index (χ3v) is 7.35. The first-order valence-corrected chi connectivity index (χ1v) is 11.7. The van der Waals surface area contributed by atoms with Gasteiger partial charge in [0.2, 0.25) is 0 Å². The fourth-order valence-electron chi connectivity index (χ4n) is 5.52. The third-order valence-electron chi connectivity index (χ3n) is 7.35. The van der Waals surface area contributed by atoms with Gasteiger partial charge >= 0.3 is 6.03 Å². The number of aromatic nitrogens is 1. The number of aromatic amines is 1. The van der Waals surface area contributed by atoms with Crippen LogP contribution >= 0.6 is 0 Å². The van der Waals surface area contributed by atoms with Gasteiger partial charge in [0.05, 0.1) is 17.5 Å². The maximum Gasteiger partial charge on any atom is 0.332 e. The lowest BCUT2D eigenvalue weighted by Gasteiger charge is -2.35. The normalized spacial score (nSPS) is 24.0. The molecule has 0 spiro atoms. The summed E-state index contributed by atoms with van der Waals surface area (Å²) < 4.78 is 5.57. The molecule has 2 aromatic carbocycles. The van der Waals surface area contributed by atoms with E-state index < -0.39 is 5.54 Å². The quantitative estimate of drug-likeness (QED) is 0.587. The van der Waals surface area contributed by atoms with E-state index >= 15 is 0 Å². The first-order valence-electron chi connectivity index (χ1n) is 11.7. The summed E-state index contributed by atoms with van der Waals surface area (Å²) in [5.41, 5.74) is 2.48. The molecule has 3 aliphatic heterocycles. The van der Waals surface area contributed by atoms with E-state index in [0.29, 0.717) is 30.8 Å². The number of imide groups is 1. The van der Waals surface area contributed by atoms with Crippen LogP contribution in [0.15, 0.2) is 48.5 Å². The number of carbonyl (C=O) groups excluding carboxylic acids is 3. The molecule has 3 aliphatic rings. The molecule has 2 atom stereocenters. The predicted octanol–water partition coefficient (Wildman–Crippen LogP) is 3.32. The van der Waals surface area contributed by atoms with Gasteiger partial charge in [-0.3, -0.25) is 9.59 Å². The molecule has 4 amide bonds. The van der Waals surface area contributed by atoms with Crippen molar-refractivity contribution in [2.75, 3.05) is 24.6 Å². The zero-order chi connectivity index (χ0) is 23.4. The second-order valence-corrected chi connectivity index (χ2v) is 9.32. The zero-order valence-corrected chi connectivity index (χ0v) is 19.0. The number of hydrogen-bond donors (Lipinski definition) is 2. The number of carbonyl (C=O) groups is 3. The smallest absolute Gasteiger partial charge is 0.332 e. The van der Waals surface area contributed by atoms with Gasteiger partial charge in [0, 0.05) is 36.2 Å². The molecule has 6 rings (SSSR count). The summed E-state index contributed by atoms with van der Waals surface area (Å²) in [6, 6.07) is 14.3. The van der Waals surface area contributed by atoms with Crippen LogP contribution < -0.4 is 10.2 Å². The highest BCUT2D eigenvalue weighted by Gasteiger charge is 2.59. The molecule has 2 saturated heterocycles. The van der Waals surface area contributed by atoms with Gasteiger partial charge in [0.25, 0.3) is 11.8 Å². The van der Waals surface area contributed by atoms with Gasteiger partial charge < -0.3 is 19.9 Å². The van der Waals surface area contributed by atoms with Gasteiger partial charge in [-0.2, -0.15) is 0 Å². The lowest BCUT2D eigenvalue weighted by atomic mass is 9.87. The Hall–Kier alpha value is -3.65. The van der Waals surface area contributed by atoms with Crippen LogP contribution in [0.1, 0.15) is 41.4 Å². The van der Waals surface area contributed by atoms with Crippen molar-refractivity contribution < 1.29 is 19.1 Å². The summed E-state index contributed by atoms with van der Waals surface area (Å²) in [6.07, 6.45) is 2.65. The second kappa shape index (κ2) is 7.70. The van der Waals surface area contributed by atoms with E-state index in [2.05, 4.69) is 10.3 Å². The topological polar surface area (TPSA) is 94.7 Å². The number of fused-ring (bicyclic) bond motifs is 5. The van der Waals surface area contributed by atoms with Crippen molar-refractivity contribution in [2.24, 2.45) is 0 Å². The molecule has 34 heavy (non-hydrogen) atoms. The van der Waals surface area contributed by atoms with Crippen LogP contribution in [-0.2, 0) is 21.5 Å². The highest BCUT2D eigenvalue weighted by molar-refractivity contribution is 6.24. The molecule has 3 aromatic rings. The molecular weight excluding hydrogens is 432 g/mol. The van der Waals surface area contributed by atoms with Crippen LogP contribution in [0, 0.1) is 0 Å². The average molecular weight is 459 g/mol. The maximum absolute atomic E-state index is 13.8. The Morgan fingerprint density at radius 3 is 2.88 bits per heavy atom. The Kier molecular flexibility index (Phi) is 4.74. The number of benzene rings is 2. The number of anilines is 1. The van der Waals surface area contributed by atoms with Crippen LogP contribution in [0.4, 0.5) is 10.5 Å². The van der Waals surface area contributed by atoms with Crippen molar-refractivity contribution in [3.05, 3.63) is 65.4 Å². The number of nitrogens with zero attached hydrogens (tertiary/aromatic N) is 2. The number of amides is 4. The Morgan fingerprint density at radius 1 is 1.21 bits per heavy atom. The van der Waals surface area contributed by atoms with Crippen LogP contribution in [-0.4, -0.2) is 53.5 Å². The van der Waals surface area contributed by atoms with Crippen LogP contribution in [0.5, 0.6) is 0 Å². The molecule has 2 fully saturated rings. The summed E-state index contributed by atoms with van der Waals surface area (Å²) in [7, 11) is 0. The fourth-order valence-corrected chi connectivity index (χ4v) is 5.52. The van der Waals surface area contributed by atoms with Gasteiger partial charge in [0.1, 0.15) is 0 Å². The second-order valence-electron chi connectivity index (χ2n) is 9.32. The Labute approximate surface area is 196 Å². The number of urea groups is 1. The lowest BCUT2D eigenvalue weighted by Crippen LogP contribution is -2.49. The van der Waals surface area contributed by atoms with E-state index in [9.17, 15) is 14.4 Å². The molecule has 0 aliphatic carbocycles. The van der Waals surface area contributed by atoms with E-state index in [1.54, 1.807) is 36.1 Å². The SMILES string of the molecule is CC12C(=O)N(c3cccc(C(=O)NCC4CCCO4)c3)C(=O)N1CCc1c2[nH]c2ccccc12. The van der Waals surface area contributed by atoms with E-state index in [1.807, 2.05) is 24.3 Å². The van der Waals surface area contributed by atoms with E-state index in [-0.39, 0.29) is 23.9 Å². The molecule has 2 unspecified atom stereocenters. The molecular formula is C26H26N4O4. The number of nitrogens with one attached hydrogen (secondary N) is 2. The maximum atomic E-state index is 13.8. The molecule has 2 N–H and O–H groups in total. The summed E-state index contributed by atoms with van der Waals surface area (Å²) >= 11 is 0. The van der Waals surface area contributed by atoms with E-state index in [0.717, 1.165) is 41.6 Å². The molecule has 1 aromatic heterocycles. The first-order chi connectivity index (χ1) is 16.5. The van der Waals surface area contributed by atoms with Crippen molar-refractivity contribution >= 4 is 34.4 Å². The lowest BCUT2D eigenvalue weighted by molar-refractivity contribution is -0.125. The largest absolute Gasteiger partial charge is 0.376 e. The summed E-state index contributed by atoms with van der Waals surface area (Å²) in [4.78, 5) is 46.3. The molecule has 0 bridgehead atoms. The highest BCUT2D eigenvalue weighted by Crippen LogP contribution is 2.45. The zero-order valence-electron chi connectivity index (χ0n) is 19.0. The van der Waals surface area contributed by atoms with Crippen LogP contribution in [0.25, 0.3) is 10.9 Å². The summed E-state index contributed by atoms with van der Waals surface area (Å²) in [5, 5.41) is 3.98. The monoisotopic (exact) mass is 458 g/mol. The van der Waals surface area contributed by atoms with Gasteiger partial charge in [-0.15, -0.1) is 0 Å². The molecule has 8 heteroatoms. The van der Waals surface area contributed by atoms with Gasteiger partial charge in [-0.1, -0.05) is 24.3 Å². The van der Waals surface area contributed by atoms with Gasteiger partial charge in [-0.05, 0) is 56.0 Å². The number of ether oxygens (including phenoxy) is 1. The Morgan fingerprint density at radius 2 is 2.06 bits per heavy atom. The number of H-pyrrole nitrogens is 1. The van der Waals surface area contributed by atoms with Crippen LogP contribution in [0.2, 0.25) is 0 Å². The predicted molar refractivity (Wildman–Crippen MR) is 127 cm³/mol. The Balaban J connectivity index is 1.32. The number of hydrogen-bond acceptors (Lipinski definition) is 4. The molecule has 174 valence electrons. The Bertz CT molecular complexity index is 1330. The van der Waals surface area contributed by atoms with Gasteiger partial charge in [0.15, 0.2) is 5.54 Å². The fraction of sp³-hybridized carbons (Fsp3) is 0.346. The number of para-hydroxylation sites is 1. The summed E-state index contributed by atoms with van der Waals surface area (Å²) in [5.74, 6) is -0.569. The minimum absolute atomic E-state index is 0.0373. The molecule has 0 radical (unpaired) electrons. The summed E-state index contributed by atoms with van der Waals surface area (Å²) in [6.45, 7) is 3.43. The van der Waals surface area contributed by atoms with Crippen molar-refractivity contribution in [3.8, 4) is 0 Å². The van der Waals surface area contributed by atoms with Crippen LogP contribution in [0.3, 0.4) is 0 Å².